The van der Waals surface area contributed by atoms with Crippen LogP contribution in [-0.4, -0.2) is 17.3 Å². The van der Waals surface area contributed by atoms with Crippen LogP contribution in [-0.2, 0) is 6.54 Å². The lowest BCUT2D eigenvalue weighted by Crippen LogP contribution is -2.29. The summed E-state index contributed by atoms with van der Waals surface area (Å²) in [5, 5.41) is 4.10. The van der Waals surface area contributed by atoms with E-state index >= 15 is 0 Å². The number of hydrogen-bond donors (Lipinski definition) is 2. The number of fused-ring (bicyclic) bond motifs is 3. The first-order chi connectivity index (χ1) is 7.25. The van der Waals surface area contributed by atoms with Crippen LogP contribution < -0.4 is 5.32 Å². The van der Waals surface area contributed by atoms with Gasteiger partial charge in [-0.3, -0.25) is 4.79 Å². The topological polar surface area (TPSA) is 44.9 Å². The molecular weight excluding hydrogens is 256 g/mol. The Hall–Kier alpha value is -1.13. The Kier molecular flexibility index (Phi) is 1.94. The minimum Gasteiger partial charge on any atom is -0.357 e. The summed E-state index contributed by atoms with van der Waals surface area (Å²) in [6, 6.07) is 5.95. The molecule has 0 radical (unpaired) electrons. The Morgan fingerprint density at radius 3 is 3.00 bits per heavy atom. The summed E-state index contributed by atoms with van der Waals surface area (Å²) in [4.78, 5) is 15.0. The number of aromatic nitrogens is 1. The first-order valence-corrected chi connectivity index (χ1v) is 5.59. The molecule has 1 aliphatic rings. The summed E-state index contributed by atoms with van der Waals surface area (Å²) < 4.78 is 1.02. The minimum absolute atomic E-state index is 0.171. The van der Waals surface area contributed by atoms with Gasteiger partial charge in [-0.1, -0.05) is 22.0 Å². The zero-order valence-electron chi connectivity index (χ0n) is 7.93. The second-order valence-corrected chi connectivity index (χ2v) is 4.61. The van der Waals surface area contributed by atoms with Crippen LogP contribution in [0.1, 0.15) is 16.1 Å². The van der Waals surface area contributed by atoms with Crippen LogP contribution in [0.15, 0.2) is 22.7 Å². The van der Waals surface area contributed by atoms with Crippen molar-refractivity contribution in [2.45, 2.75) is 6.54 Å². The maximum absolute atomic E-state index is 11.8. The summed E-state index contributed by atoms with van der Waals surface area (Å²) in [5.41, 5.74) is 2.88. The van der Waals surface area contributed by atoms with Gasteiger partial charge in [0.05, 0.1) is 6.54 Å². The van der Waals surface area contributed by atoms with Crippen molar-refractivity contribution in [1.82, 2.24) is 10.3 Å². The van der Waals surface area contributed by atoms with Crippen molar-refractivity contribution in [2.24, 2.45) is 0 Å². The van der Waals surface area contributed by atoms with Crippen LogP contribution in [0.4, 0.5) is 0 Å². The highest BCUT2D eigenvalue weighted by atomic mass is 79.9. The lowest BCUT2D eigenvalue weighted by Gasteiger charge is -2.11. The number of ketones is 1. The Bertz CT molecular complexity index is 559. The molecule has 2 heterocycles. The van der Waals surface area contributed by atoms with E-state index in [1.54, 1.807) is 0 Å². The lowest BCUT2D eigenvalue weighted by atomic mass is 10.0. The molecule has 1 aromatic heterocycles. The van der Waals surface area contributed by atoms with Crippen molar-refractivity contribution in [1.29, 1.82) is 0 Å². The molecule has 3 nitrogen and oxygen atoms in total. The third-order valence-electron chi connectivity index (χ3n) is 2.70. The molecule has 2 aromatic rings. The molecule has 1 aliphatic heterocycles. The van der Waals surface area contributed by atoms with Crippen molar-refractivity contribution < 1.29 is 4.79 Å². The van der Waals surface area contributed by atoms with Gasteiger partial charge >= 0.3 is 0 Å². The van der Waals surface area contributed by atoms with E-state index in [2.05, 4.69) is 26.2 Å². The summed E-state index contributed by atoms with van der Waals surface area (Å²) >= 11 is 3.42. The summed E-state index contributed by atoms with van der Waals surface area (Å²) in [5.74, 6) is 0.171. The van der Waals surface area contributed by atoms with E-state index in [4.69, 9.17) is 0 Å². The van der Waals surface area contributed by atoms with Gasteiger partial charge in [0.1, 0.15) is 0 Å². The summed E-state index contributed by atoms with van der Waals surface area (Å²) in [6.45, 7) is 1.18. The Morgan fingerprint density at radius 2 is 2.13 bits per heavy atom. The van der Waals surface area contributed by atoms with Gasteiger partial charge in [-0.25, -0.2) is 0 Å². The highest BCUT2D eigenvalue weighted by molar-refractivity contribution is 9.10. The molecule has 0 spiro atoms. The summed E-state index contributed by atoms with van der Waals surface area (Å²) in [7, 11) is 0. The van der Waals surface area contributed by atoms with Crippen molar-refractivity contribution >= 4 is 32.6 Å². The number of nitrogens with one attached hydrogen (secondary N) is 2. The standard InChI is InChI=1S/C11H9BrN2O/c12-6-1-2-7-8(3-6)14-9-4-13-5-10(15)11(7)9/h1-3,13-14H,4-5H2. The molecule has 0 atom stereocenters. The molecule has 0 saturated carbocycles. The van der Waals surface area contributed by atoms with Crippen molar-refractivity contribution in [3.8, 4) is 0 Å². The average Bonchev–Trinajstić information content (AvgIpc) is 2.56. The zero-order valence-corrected chi connectivity index (χ0v) is 9.52. The average molecular weight is 265 g/mol. The molecule has 0 unspecified atom stereocenters. The number of carbonyl (C=O) groups excluding carboxylic acids is 1. The van der Waals surface area contributed by atoms with Gasteiger partial charge in [-0.2, -0.15) is 0 Å². The Labute approximate surface area is 95.0 Å². The smallest absolute Gasteiger partial charge is 0.179 e. The van der Waals surface area contributed by atoms with Crippen LogP contribution in [0.2, 0.25) is 0 Å². The van der Waals surface area contributed by atoms with Crippen LogP contribution in [0.3, 0.4) is 0 Å². The van der Waals surface area contributed by atoms with Crippen LogP contribution in [0.25, 0.3) is 10.9 Å². The quantitative estimate of drug-likeness (QED) is 0.767. The van der Waals surface area contributed by atoms with Crippen molar-refractivity contribution in [2.75, 3.05) is 6.54 Å². The lowest BCUT2D eigenvalue weighted by molar-refractivity contribution is 0.0984. The first kappa shape index (κ1) is 9.12. The molecule has 0 fully saturated rings. The summed E-state index contributed by atoms with van der Waals surface area (Å²) in [6.07, 6.45) is 0. The van der Waals surface area contributed by atoms with E-state index in [0.29, 0.717) is 6.54 Å². The number of hydrogen-bond acceptors (Lipinski definition) is 2. The van der Waals surface area contributed by atoms with Gasteiger partial charge in [0.15, 0.2) is 5.78 Å². The molecule has 3 rings (SSSR count). The third kappa shape index (κ3) is 1.33. The van der Waals surface area contributed by atoms with Gasteiger partial charge < -0.3 is 10.3 Å². The number of H-pyrrole nitrogens is 1. The van der Waals surface area contributed by atoms with Crippen LogP contribution in [0, 0.1) is 0 Å². The van der Waals surface area contributed by atoms with Crippen molar-refractivity contribution in [3.05, 3.63) is 33.9 Å². The highest BCUT2D eigenvalue weighted by Gasteiger charge is 2.21. The second kappa shape index (κ2) is 3.18. The molecule has 0 bridgehead atoms. The van der Waals surface area contributed by atoms with Gasteiger partial charge in [-0.15, -0.1) is 0 Å². The van der Waals surface area contributed by atoms with E-state index in [0.717, 1.165) is 33.2 Å². The van der Waals surface area contributed by atoms with Crippen molar-refractivity contribution in [3.63, 3.8) is 0 Å². The molecular formula is C11H9BrN2O. The molecule has 1 aromatic carbocycles. The van der Waals surface area contributed by atoms with Crippen LogP contribution >= 0.6 is 15.9 Å². The van der Waals surface area contributed by atoms with E-state index in [1.807, 2.05) is 18.2 Å². The largest absolute Gasteiger partial charge is 0.357 e. The number of rotatable bonds is 0. The number of benzene rings is 1. The van der Waals surface area contributed by atoms with Gasteiger partial charge in [-0.05, 0) is 12.1 Å². The van der Waals surface area contributed by atoms with Gasteiger partial charge in [0.25, 0.3) is 0 Å². The number of halogens is 1. The van der Waals surface area contributed by atoms with Gasteiger partial charge in [0, 0.05) is 33.2 Å². The zero-order chi connectivity index (χ0) is 10.4. The number of aromatic amines is 1. The molecule has 0 amide bonds. The minimum atomic E-state index is 0.171. The van der Waals surface area contributed by atoms with Gasteiger partial charge in [0.2, 0.25) is 0 Å². The fourth-order valence-electron chi connectivity index (χ4n) is 2.07. The third-order valence-corrected chi connectivity index (χ3v) is 3.20. The van der Waals surface area contributed by atoms with E-state index in [9.17, 15) is 4.79 Å². The maximum Gasteiger partial charge on any atom is 0.179 e. The normalized spacial score (nSPS) is 15.7. The molecule has 76 valence electrons. The van der Waals surface area contributed by atoms with E-state index < -0.39 is 0 Å². The monoisotopic (exact) mass is 264 g/mol. The maximum atomic E-state index is 11.8. The van der Waals surface area contributed by atoms with E-state index in [1.165, 1.54) is 0 Å². The Morgan fingerprint density at radius 1 is 1.27 bits per heavy atom. The number of Topliss-reactive ketones (excluding diaryl/α,β-unsaturated/α-hetero) is 1. The molecule has 0 saturated heterocycles. The molecule has 2 N–H and O–H groups in total. The predicted octanol–water partition coefficient (Wildman–Crippen LogP) is 2.22. The highest BCUT2D eigenvalue weighted by Crippen LogP contribution is 2.27. The van der Waals surface area contributed by atoms with E-state index in [-0.39, 0.29) is 5.78 Å². The molecule has 4 heteroatoms. The Balaban J connectivity index is 2.36. The molecule has 15 heavy (non-hydrogen) atoms. The second-order valence-electron chi connectivity index (χ2n) is 3.70. The number of carbonyl (C=O) groups is 1. The first-order valence-electron chi connectivity index (χ1n) is 4.80. The SMILES string of the molecule is O=C1CNCc2[nH]c3cc(Br)ccc3c21. The fraction of sp³-hybridized carbons (Fsp3) is 0.182. The predicted molar refractivity (Wildman–Crippen MR) is 62.0 cm³/mol. The fourth-order valence-corrected chi connectivity index (χ4v) is 2.43. The van der Waals surface area contributed by atoms with Crippen LogP contribution in [0.5, 0.6) is 0 Å². The molecule has 0 aliphatic carbocycles.